The maximum Gasteiger partial charge on any atom is 0.292 e. The summed E-state index contributed by atoms with van der Waals surface area (Å²) in [5, 5.41) is 19.8. The first-order valence-corrected chi connectivity index (χ1v) is 5.81. The fraction of sp³-hybridized carbons (Fsp3) is 0.500. The predicted molar refractivity (Wildman–Crippen MR) is 65.1 cm³/mol. The molecule has 92 valence electrons. The van der Waals surface area contributed by atoms with Crippen LogP contribution in [0.15, 0.2) is 24.3 Å². The number of rotatable bonds is 4. The molecular formula is C12H16N2O3. The molecule has 0 bridgehead atoms. The van der Waals surface area contributed by atoms with Gasteiger partial charge < -0.3 is 10.0 Å². The number of benzene rings is 1. The van der Waals surface area contributed by atoms with Gasteiger partial charge in [-0.2, -0.15) is 0 Å². The van der Waals surface area contributed by atoms with E-state index in [0.29, 0.717) is 11.6 Å². The Hall–Kier alpha value is -1.62. The Morgan fingerprint density at radius 3 is 2.94 bits per heavy atom. The normalized spacial score (nSPS) is 19.6. The summed E-state index contributed by atoms with van der Waals surface area (Å²) >= 11 is 0. The van der Waals surface area contributed by atoms with Crippen molar-refractivity contribution < 1.29 is 10.0 Å². The molecule has 0 aliphatic carbocycles. The van der Waals surface area contributed by atoms with Gasteiger partial charge in [0.25, 0.3) is 5.69 Å². The third kappa shape index (κ3) is 2.55. The van der Waals surface area contributed by atoms with Crippen molar-refractivity contribution in [3.63, 3.8) is 0 Å². The van der Waals surface area contributed by atoms with Crippen molar-refractivity contribution >= 4 is 11.4 Å². The predicted octanol–water partition coefficient (Wildman–Crippen LogP) is 1.80. The lowest BCUT2D eigenvalue weighted by atomic mass is 10.1. The average Bonchev–Trinajstić information content (AvgIpc) is 2.78. The van der Waals surface area contributed by atoms with Crippen LogP contribution in [-0.4, -0.2) is 29.7 Å². The van der Waals surface area contributed by atoms with Crippen LogP contribution in [0.2, 0.25) is 0 Å². The largest absolute Gasteiger partial charge is 0.396 e. The van der Waals surface area contributed by atoms with Crippen LogP contribution in [0.3, 0.4) is 0 Å². The summed E-state index contributed by atoms with van der Waals surface area (Å²) in [6, 6.07) is 6.83. The Kier molecular flexibility index (Phi) is 3.58. The van der Waals surface area contributed by atoms with Crippen LogP contribution >= 0.6 is 0 Å². The van der Waals surface area contributed by atoms with E-state index in [0.717, 1.165) is 25.9 Å². The van der Waals surface area contributed by atoms with E-state index < -0.39 is 0 Å². The molecule has 1 fully saturated rings. The topological polar surface area (TPSA) is 66.6 Å². The van der Waals surface area contributed by atoms with Gasteiger partial charge in [0.15, 0.2) is 0 Å². The molecule has 1 N–H and O–H groups in total. The molecule has 0 spiro atoms. The van der Waals surface area contributed by atoms with E-state index in [-0.39, 0.29) is 17.2 Å². The molecule has 1 aromatic carbocycles. The maximum atomic E-state index is 10.9. The Labute approximate surface area is 99.8 Å². The number of anilines is 1. The smallest absolute Gasteiger partial charge is 0.292 e. The number of nitro groups is 1. The average molecular weight is 236 g/mol. The minimum Gasteiger partial charge on any atom is -0.396 e. The van der Waals surface area contributed by atoms with E-state index in [1.54, 1.807) is 12.1 Å². The number of hydrogen-bond acceptors (Lipinski definition) is 4. The minimum absolute atomic E-state index is 0.164. The molecule has 1 aromatic rings. The van der Waals surface area contributed by atoms with Crippen LogP contribution < -0.4 is 4.90 Å². The summed E-state index contributed by atoms with van der Waals surface area (Å²) < 4.78 is 0. The zero-order chi connectivity index (χ0) is 12.3. The zero-order valence-electron chi connectivity index (χ0n) is 9.58. The van der Waals surface area contributed by atoms with Crippen molar-refractivity contribution in [1.82, 2.24) is 0 Å². The molecule has 1 saturated heterocycles. The first-order valence-electron chi connectivity index (χ1n) is 5.81. The summed E-state index contributed by atoms with van der Waals surface area (Å²) in [6.07, 6.45) is 1.77. The van der Waals surface area contributed by atoms with E-state index in [1.807, 2.05) is 11.0 Å². The number of para-hydroxylation sites is 2. The van der Waals surface area contributed by atoms with Crippen LogP contribution in [0.5, 0.6) is 0 Å². The van der Waals surface area contributed by atoms with Gasteiger partial charge in [0, 0.05) is 25.8 Å². The number of hydrogen-bond donors (Lipinski definition) is 1. The number of aliphatic hydroxyl groups excluding tert-OH is 1. The first-order chi connectivity index (χ1) is 8.22. The molecule has 0 amide bonds. The molecule has 0 radical (unpaired) electrons. The van der Waals surface area contributed by atoms with Crippen molar-refractivity contribution in [1.29, 1.82) is 0 Å². The molecule has 17 heavy (non-hydrogen) atoms. The molecule has 1 atom stereocenters. The molecule has 1 aliphatic heterocycles. The Bertz CT molecular complexity index is 408. The molecule has 2 rings (SSSR count). The van der Waals surface area contributed by atoms with Crippen molar-refractivity contribution in [3.8, 4) is 0 Å². The lowest BCUT2D eigenvalue weighted by molar-refractivity contribution is -0.384. The van der Waals surface area contributed by atoms with E-state index in [2.05, 4.69) is 0 Å². The van der Waals surface area contributed by atoms with Gasteiger partial charge >= 0.3 is 0 Å². The van der Waals surface area contributed by atoms with E-state index in [4.69, 9.17) is 5.11 Å². The molecule has 1 aliphatic rings. The van der Waals surface area contributed by atoms with Crippen LogP contribution in [-0.2, 0) is 0 Å². The fourth-order valence-electron chi connectivity index (χ4n) is 2.36. The fourth-order valence-corrected chi connectivity index (χ4v) is 2.36. The second-order valence-corrected chi connectivity index (χ2v) is 4.36. The van der Waals surface area contributed by atoms with Crippen LogP contribution in [0.25, 0.3) is 0 Å². The molecule has 1 heterocycles. The van der Waals surface area contributed by atoms with Crippen LogP contribution in [0.4, 0.5) is 11.4 Å². The molecule has 5 heteroatoms. The summed E-state index contributed by atoms with van der Waals surface area (Å²) in [4.78, 5) is 12.6. The molecule has 5 nitrogen and oxygen atoms in total. The monoisotopic (exact) mass is 236 g/mol. The second kappa shape index (κ2) is 5.14. The molecular weight excluding hydrogens is 220 g/mol. The Morgan fingerprint density at radius 1 is 1.47 bits per heavy atom. The quantitative estimate of drug-likeness (QED) is 0.639. The third-order valence-corrected chi connectivity index (χ3v) is 3.24. The van der Waals surface area contributed by atoms with Crippen LogP contribution in [0, 0.1) is 16.0 Å². The van der Waals surface area contributed by atoms with Gasteiger partial charge in [0.2, 0.25) is 0 Å². The lowest BCUT2D eigenvalue weighted by Crippen LogP contribution is -2.20. The van der Waals surface area contributed by atoms with Crippen molar-refractivity contribution in [2.45, 2.75) is 12.8 Å². The van der Waals surface area contributed by atoms with Crippen molar-refractivity contribution in [2.24, 2.45) is 5.92 Å². The minimum atomic E-state index is -0.339. The summed E-state index contributed by atoms with van der Waals surface area (Å²) in [7, 11) is 0. The van der Waals surface area contributed by atoms with Gasteiger partial charge in [0.05, 0.1) is 4.92 Å². The summed E-state index contributed by atoms with van der Waals surface area (Å²) in [5.74, 6) is 0.444. The van der Waals surface area contributed by atoms with E-state index in [1.165, 1.54) is 6.07 Å². The van der Waals surface area contributed by atoms with Crippen LogP contribution in [0.1, 0.15) is 12.8 Å². The van der Waals surface area contributed by atoms with Gasteiger partial charge in [-0.1, -0.05) is 12.1 Å². The SMILES string of the molecule is O=[N+]([O-])c1ccccc1N1CCC(CCO)C1. The standard InChI is InChI=1S/C12H16N2O3/c15-8-6-10-5-7-13(9-10)11-3-1-2-4-12(11)14(16)17/h1-4,10,15H,5-9H2. The van der Waals surface area contributed by atoms with Gasteiger partial charge in [0.1, 0.15) is 5.69 Å². The molecule has 1 unspecified atom stereocenters. The number of nitrogens with zero attached hydrogens (tertiary/aromatic N) is 2. The first kappa shape index (κ1) is 11.9. The number of aliphatic hydroxyl groups is 1. The van der Waals surface area contributed by atoms with E-state index in [9.17, 15) is 10.1 Å². The second-order valence-electron chi connectivity index (χ2n) is 4.36. The molecule has 0 aromatic heterocycles. The molecule has 0 saturated carbocycles. The van der Waals surface area contributed by atoms with E-state index >= 15 is 0 Å². The highest BCUT2D eigenvalue weighted by molar-refractivity contribution is 5.63. The summed E-state index contributed by atoms with van der Waals surface area (Å²) in [6.45, 7) is 1.82. The van der Waals surface area contributed by atoms with Crippen molar-refractivity contribution in [2.75, 3.05) is 24.6 Å². The van der Waals surface area contributed by atoms with Crippen molar-refractivity contribution in [3.05, 3.63) is 34.4 Å². The lowest BCUT2D eigenvalue weighted by Gasteiger charge is -2.18. The van der Waals surface area contributed by atoms with Gasteiger partial charge in [-0.05, 0) is 24.8 Å². The Morgan fingerprint density at radius 2 is 2.24 bits per heavy atom. The third-order valence-electron chi connectivity index (χ3n) is 3.24. The van der Waals surface area contributed by atoms with Gasteiger partial charge in [-0.3, -0.25) is 10.1 Å². The maximum absolute atomic E-state index is 10.9. The number of nitro benzene ring substituents is 1. The highest BCUT2D eigenvalue weighted by atomic mass is 16.6. The van der Waals surface area contributed by atoms with Gasteiger partial charge in [-0.25, -0.2) is 0 Å². The Balaban J connectivity index is 2.16. The highest BCUT2D eigenvalue weighted by Crippen LogP contribution is 2.32. The zero-order valence-corrected chi connectivity index (χ0v) is 9.58. The summed E-state index contributed by atoms with van der Waals surface area (Å²) in [5.41, 5.74) is 0.857. The van der Waals surface area contributed by atoms with Gasteiger partial charge in [-0.15, -0.1) is 0 Å². The highest BCUT2D eigenvalue weighted by Gasteiger charge is 2.26.